The average molecular weight is 458 g/mol. The molecular weight excluding hydrogens is 426 g/mol. The Balaban J connectivity index is 1.84. The summed E-state index contributed by atoms with van der Waals surface area (Å²) >= 11 is 0. The third-order valence-corrected chi connectivity index (χ3v) is 4.07. The van der Waals surface area contributed by atoms with E-state index >= 15 is 0 Å². The van der Waals surface area contributed by atoms with Crippen LogP contribution in [-0.2, 0) is 20.9 Å². The lowest BCUT2D eigenvalue weighted by atomic mass is 10.1. The molecule has 2 rings (SSSR count). The Morgan fingerprint density at radius 1 is 0.848 bits per heavy atom. The van der Waals surface area contributed by atoms with E-state index in [2.05, 4.69) is 16.0 Å². The van der Waals surface area contributed by atoms with Crippen LogP contribution >= 0.6 is 0 Å². The van der Waals surface area contributed by atoms with Gasteiger partial charge >= 0.3 is 6.09 Å². The Hall–Kier alpha value is -3.75. The van der Waals surface area contributed by atoms with Crippen LogP contribution in [0.2, 0.25) is 0 Å². The van der Waals surface area contributed by atoms with Crippen LogP contribution in [0.25, 0.3) is 0 Å². The maximum atomic E-state index is 12.3. The van der Waals surface area contributed by atoms with Crippen molar-refractivity contribution in [1.82, 2.24) is 10.6 Å². The van der Waals surface area contributed by atoms with Gasteiger partial charge in [0.2, 0.25) is 5.91 Å². The molecule has 9 heteroatoms. The highest BCUT2D eigenvalue weighted by molar-refractivity contribution is 5.94. The van der Waals surface area contributed by atoms with E-state index in [1.807, 2.05) is 13.0 Å². The first-order valence-electron chi connectivity index (χ1n) is 10.6. The van der Waals surface area contributed by atoms with Crippen LogP contribution < -0.4 is 25.4 Å². The molecule has 0 radical (unpaired) electrons. The first kappa shape index (κ1) is 25.5. The number of amides is 3. The predicted octanol–water partition coefficient (Wildman–Crippen LogP) is 3.24. The maximum absolute atomic E-state index is 12.3. The standard InChI is InChI=1S/C24H31N3O6/c1-5-31-19-12-8-9-13-20(19)32-16-22(29)25-14-17-10-6-7-11-18(17)27-21(28)15-26-23(30)33-24(2,3)4/h6-13H,5,14-16H2,1-4H3,(H,25,29)(H,26,30)(H,27,28). The molecule has 9 nitrogen and oxygen atoms in total. The zero-order chi connectivity index (χ0) is 24.3. The van der Waals surface area contributed by atoms with Crippen LogP contribution in [0.3, 0.4) is 0 Å². The molecule has 0 heterocycles. The molecule has 2 aromatic carbocycles. The van der Waals surface area contributed by atoms with Crippen molar-refractivity contribution < 1.29 is 28.6 Å². The van der Waals surface area contributed by atoms with E-state index < -0.39 is 17.6 Å². The van der Waals surface area contributed by atoms with Crippen LogP contribution in [0, 0.1) is 0 Å². The molecule has 0 spiro atoms. The average Bonchev–Trinajstić information content (AvgIpc) is 2.75. The molecule has 0 aliphatic heterocycles. The Kier molecular flexibility index (Phi) is 9.53. The van der Waals surface area contributed by atoms with Gasteiger partial charge in [-0.2, -0.15) is 0 Å². The number of anilines is 1. The number of benzene rings is 2. The van der Waals surface area contributed by atoms with Gasteiger partial charge in [-0.3, -0.25) is 9.59 Å². The highest BCUT2D eigenvalue weighted by Gasteiger charge is 2.17. The first-order valence-corrected chi connectivity index (χ1v) is 10.6. The molecule has 178 valence electrons. The summed E-state index contributed by atoms with van der Waals surface area (Å²) in [4.78, 5) is 36.2. The monoisotopic (exact) mass is 457 g/mol. The minimum absolute atomic E-state index is 0.182. The van der Waals surface area contributed by atoms with Gasteiger partial charge in [0.1, 0.15) is 12.1 Å². The zero-order valence-corrected chi connectivity index (χ0v) is 19.4. The Labute approximate surface area is 193 Å². The largest absolute Gasteiger partial charge is 0.490 e. The number of ether oxygens (including phenoxy) is 3. The fraction of sp³-hybridized carbons (Fsp3) is 0.375. The molecule has 0 fully saturated rings. The first-order chi connectivity index (χ1) is 15.7. The molecule has 3 N–H and O–H groups in total. The quantitative estimate of drug-likeness (QED) is 0.505. The summed E-state index contributed by atoms with van der Waals surface area (Å²) in [6.07, 6.45) is -0.677. The number of alkyl carbamates (subject to hydrolysis) is 1. The van der Waals surface area contributed by atoms with E-state index in [9.17, 15) is 14.4 Å². The molecule has 2 aromatic rings. The summed E-state index contributed by atoms with van der Waals surface area (Å²) < 4.78 is 16.1. The molecule has 0 atom stereocenters. The van der Waals surface area contributed by atoms with Crippen molar-refractivity contribution in [2.24, 2.45) is 0 Å². The normalized spacial score (nSPS) is 10.7. The van der Waals surface area contributed by atoms with Crippen LogP contribution in [-0.4, -0.2) is 43.3 Å². The Morgan fingerprint density at radius 3 is 2.15 bits per heavy atom. The summed E-state index contributed by atoms with van der Waals surface area (Å²) in [6, 6.07) is 14.2. The molecule has 0 bridgehead atoms. The lowest BCUT2D eigenvalue weighted by Crippen LogP contribution is -2.37. The molecule has 0 aromatic heterocycles. The van der Waals surface area contributed by atoms with Gasteiger partial charge in [0, 0.05) is 12.2 Å². The molecule has 3 amide bonds. The Bertz CT molecular complexity index is 955. The molecule has 0 unspecified atom stereocenters. The van der Waals surface area contributed by atoms with Crippen LogP contribution in [0.4, 0.5) is 10.5 Å². The van der Waals surface area contributed by atoms with E-state index in [0.29, 0.717) is 29.4 Å². The van der Waals surface area contributed by atoms with Crippen molar-refractivity contribution in [2.75, 3.05) is 25.1 Å². The number of nitrogens with one attached hydrogen (secondary N) is 3. The second-order valence-electron chi connectivity index (χ2n) is 8.01. The van der Waals surface area contributed by atoms with E-state index in [0.717, 1.165) is 0 Å². The second-order valence-corrected chi connectivity index (χ2v) is 8.01. The SMILES string of the molecule is CCOc1ccccc1OCC(=O)NCc1ccccc1NC(=O)CNC(=O)OC(C)(C)C. The van der Waals surface area contributed by atoms with Gasteiger partial charge in [0.25, 0.3) is 5.91 Å². The number of para-hydroxylation sites is 3. The van der Waals surface area contributed by atoms with E-state index in [4.69, 9.17) is 14.2 Å². The van der Waals surface area contributed by atoms with Crippen LogP contribution in [0.15, 0.2) is 48.5 Å². The minimum Gasteiger partial charge on any atom is -0.490 e. The van der Waals surface area contributed by atoms with E-state index in [1.165, 1.54) is 0 Å². The highest BCUT2D eigenvalue weighted by Crippen LogP contribution is 2.26. The highest BCUT2D eigenvalue weighted by atomic mass is 16.6. The van der Waals surface area contributed by atoms with E-state index in [1.54, 1.807) is 63.2 Å². The zero-order valence-electron chi connectivity index (χ0n) is 19.4. The molecular formula is C24H31N3O6. The van der Waals surface area contributed by atoms with Crippen molar-refractivity contribution in [1.29, 1.82) is 0 Å². The number of carbonyl (C=O) groups excluding carboxylic acids is 3. The molecule has 0 saturated heterocycles. The predicted molar refractivity (Wildman–Crippen MR) is 124 cm³/mol. The summed E-state index contributed by atoms with van der Waals surface area (Å²) in [5.74, 6) is 0.310. The Morgan fingerprint density at radius 2 is 1.48 bits per heavy atom. The molecule has 0 saturated carbocycles. The number of carbonyl (C=O) groups is 3. The minimum atomic E-state index is -0.677. The smallest absolute Gasteiger partial charge is 0.408 e. The number of hydrogen-bond donors (Lipinski definition) is 3. The van der Waals surface area contributed by atoms with Crippen molar-refractivity contribution >= 4 is 23.6 Å². The van der Waals surface area contributed by atoms with Gasteiger partial charge in [-0.1, -0.05) is 30.3 Å². The van der Waals surface area contributed by atoms with Crippen LogP contribution in [0.1, 0.15) is 33.3 Å². The molecule has 0 aliphatic rings. The van der Waals surface area contributed by atoms with Gasteiger partial charge < -0.3 is 30.2 Å². The van der Waals surface area contributed by atoms with Crippen molar-refractivity contribution in [3.63, 3.8) is 0 Å². The van der Waals surface area contributed by atoms with Crippen molar-refractivity contribution in [3.8, 4) is 11.5 Å². The second kappa shape index (κ2) is 12.3. The van der Waals surface area contributed by atoms with Gasteiger partial charge in [-0.15, -0.1) is 0 Å². The topological polar surface area (TPSA) is 115 Å². The third-order valence-electron chi connectivity index (χ3n) is 4.07. The van der Waals surface area contributed by atoms with Gasteiger partial charge in [-0.05, 0) is 51.5 Å². The number of hydrogen-bond acceptors (Lipinski definition) is 6. The van der Waals surface area contributed by atoms with Crippen molar-refractivity contribution in [3.05, 3.63) is 54.1 Å². The van der Waals surface area contributed by atoms with Crippen LogP contribution in [0.5, 0.6) is 11.5 Å². The summed E-state index contributed by atoms with van der Waals surface area (Å²) in [7, 11) is 0. The molecule has 33 heavy (non-hydrogen) atoms. The van der Waals surface area contributed by atoms with E-state index in [-0.39, 0.29) is 25.6 Å². The van der Waals surface area contributed by atoms with Gasteiger partial charge in [0.05, 0.1) is 6.61 Å². The maximum Gasteiger partial charge on any atom is 0.408 e. The fourth-order valence-electron chi connectivity index (χ4n) is 2.69. The van der Waals surface area contributed by atoms with Crippen molar-refractivity contribution in [2.45, 2.75) is 39.8 Å². The van der Waals surface area contributed by atoms with Gasteiger partial charge in [-0.25, -0.2) is 4.79 Å². The van der Waals surface area contributed by atoms with Gasteiger partial charge in [0.15, 0.2) is 18.1 Å². The fourth-order valence-corrected chi connectivity index (χ4v) is 2.69. The lowest BCUT2D eigenvalue weighted by molar-refractivity contribution is -0.123. The summed E-state index contributed by atoms with van der Waals surface area (Å²) in [6.45, 7) is 7.32. The molecule has 0 aliphatic carbocycles. The number of rotatable bonds is 10. The summed E-state index contributed by atoms with van der Waals surface area (Å²) in [5, 5.41) is 7.89. The third kappa shape index (κ3) is 9.51. The lowest BCUT2D eigenvalue weighted by Gasteiger charge is -2.19. The summed E-state index contributed by atoms with van der Waals surface area (Å²) in [5.41, 5.74) is 0.572.